The molecule has 4 heteroatoms. The SMILES string of the molecule is CC(C)NCC1CCCCN1C(C)C(=O)NC(C)C. The van der Waals surface area contributed by atoms with Crippen LogP contribution in [0.25, 0.3) is 0 Å². The maximum Gasteiger partial charge on any atom is 0.237 e. The average Bonchev–Trinajstić information content (AvgIpc) is 2.35. The van der Waals surface area contributed by atoms with Crippen molar-refractivity contribution in [2.24, 2.45) is 0 Å². The van der Waals surface area contributed by atoms with Crippen molar-refractivity contribution in [2.45, 2.75) is 78.0 Å². The fourth-order valence-electron chi connectivity index (χ4n) is 2.68. The van der Waals surface area contributed by atoms with Crippen LogP contribution >= 0.6 is 0 Å². The van der Waals surface area contributed by atoms with Crippen LogP contribution in [0.15, 0.2) is 0 Å². The van der Waals surface area contributed by atoms with E-state index >= 15 is 0 Å². The van der Waals surface area contributed by atoms with E-state index in [2.05, 4.69) is 29.4 Å². The van der Waals surface area contributed by atoms with Crippen molar-refractivity contribution in [3.63, 3.8) is 0 Å². The highest BCUT2D eigenvalue weighted by Gasteiger charge is 2.30. The molecule has 0 saturated carbocycles. The minimum absolute atomic E-state index is 0.0262. The Morgan fingerprint density at radius 3 is 2.42 bits per heavy atom. The summed E-state index contributed by atoms with van der Waals surface area (Å²) in [6.45, 7) is 12.4. The largest absolute Gasteiger partial charge is 0.353 e. The van der Waals surface area contributed by atoms with Gasteiger partial charge in [-0.15, -0.1) is 0 Å². The quantitative estimate of drug-likeness (QED) is 0.772. The zero-order valence-electron chi connectivity index (χ0n) is 13.2. The molecule has 1 aliphatic rings. The minimum atomic E-state index is -0.0262. The van der Waals surface area contributed by atoms with Gasteiger partial charge in [0.1, 0.15) is 0 Å². The van der Waals surface area contributed by atoms with Crippen LogP contribution in [0.1, 0.15) is 53.9 Å². The first-order chi connectivity index (χ1) is 8.91. The number of nitrogens with zero attached hydrogens (tertiary/aromatic N) is 1. The molecule has 2 atom stereocenters. The molecule has 0 aromatic heterocycles. The van der Waals surface area contributed by atoms with Gasteiger partial charge in [0, 0.05) is 24.7 Å². The third kappa shape index (κ3) is 5.49. The van der Waals surface area contributed by atoms with Crippen LogP contribution in [0.5, 0.6) is 0 Å². The van der Waals surface area contributed by atoms with Gasteiger partial charge in [-0.3, -0.25) is 9.69 Å². The molecule has 0 aromatic rings. The molecule has 1 heterocycles. The van der Waals surface area contributed by atoms with Crippen molar-refractivity contribution >= 4 is 5.91 Å². The maximum atomic E-state index is 12.2. The Morgan fingerprint density at radius 1 is 1.16 bits per heavy atom. The molecule has 1 rings (SSSR count). The smallest absolute Gasteiger partial charge is 0.237 e. The summed E-state index contributed by atoms with van der Waals surface area (Å²) >= 11 is 0. The molecule has 4 nitrogen and oxygen atoms in total. The first kappa shape index (κ1) is 16.4. The minimum Gasteiger partial charge on any atom is -0.353 e. The van der Waals surface area contributed by atoms with Gasteiger partial charge in [-0.05, 0) is 40.2 Å². The zero-order chi connectivity index (χ0) is 14.4. The standard InChI is InChI=1S/C15H31N3O/c1-11(2)16-10-14-8-6-7-9-18(14)13(5)15(19)17-12(3)4/h11-14,16H,6-10H2,1-5H3,(H,17,19). The fraction of sp³-hybridized carbons (Fsp3) is 0.933. The molecule has 0 bridgehead atoms. The van der Waals surface area contributed by atoms with Crippen molar-refractivity contribution in [3.8, 4) is 0 Å². The number of carbonyl (C=O) groups excluding carboxylic acids is 1. The fourth-order valence-corrected chi connectivity index (χ4v) is 2.68. The summed E-state index contributed by atoms with van der Waals surface area (Å²) in [7, 11) is 0. The summed E-state index contributed by atoms with van der Waals surface area (Å²) < 4.78 is 0. The van der Waals surface area contributed by atoms with E-state index in [1.165, 1.54) is 19.3 Å². The monoisotopic (exact) mass is 269 g/mol. The Labute approximate surface area is 118 Å². The molecule has 0 radical (unpaired) electrons. The molecule has 112 valence electrons. The van der Waals surface area contributed by atoms with Crippen molar-refractivity contribution < 1.29 is 4.79 Å². The second kappa shape index (κ2) is 7.85. The number of nitrogens with one attached hydrogen (secondary N) is 2. The Bertz CT molecular complexity index is 279. The lowest BCUT2D eigenvalue weighted by molar-refractivity contribution is -0.127. The van der Waals surface area contributed by atoms with Gasteiger partial charge in [0.25, 0.3) is 0 Å². The van der Waals surface area contributed by atoms with Crippen LogP contribution in [0.2, 0.25) is 0 Å². The third-order valence-corrected chi connectivity index (χ3v) is 3.74. The van der Waals surface area contributed by atoms with E-state index in [9.17, 15) is 4.79 Å². The Hall–Kier alpha value is -0.610. The molecule has 0 aromatic carbocycles. The third-order valence-electron chi connectivity index (χ3n) is 3.74. The highest BCUT2D eigenvalue weighted by molar-refractivity contribution is 5.81. The first-order valence-electron chi connectivity index (χ1n) is 7.71. The number of hydrogen-bond acceptors (Lipinski definition) is 3. The molecule has 1 fully saturated rings. The second-order valence-electron chi connectivity index (χ2n) is 6.29. The van der Waals surface area contributed by atoms with Crippen molar-refractivity contribution in [1.29, 1.82) is 0 Å². The average molecular weight is 269 g/mol. The van der Waals surface area contributed by atoms with Gasteiger partial charge in [-0.2, -0.15) is 0 Å². The maximum absolute atomic E-state index is 12.2. The van der Waals surface area contributed by atoms with E-state index in [1.807, 2.05) is 20.8 Å². The topological polar surface area (TPSA) is 44.4 Å². The number of hydrogen-bond donors (Lipinski definition) is 2. The predicted octanol–water partition coefficient (Wildman–Crippen LogP) is 1.75. The van der Waals surface area contributed by atoms with Crippen molar-refractivity contribution in [3.05, 3.63) is 0 Å². The summed E-state index contributed by atoms with van der Waals surface area (Å²) in [4.78, 5) is 14.5. The van der Waals surface area contributed by atoms with Crippen LogP contribution in [0, 0.1) is 0 Å². The van der Waals surface area contributed by atoms with Crippen molar-refractivity contribution in [1.82, 2.24) is 15.5 Å². The van der Waals surface area contributed by atoms with E-state index in [0.717, 1.165) is 13.1 Å². The summed E-state index contributed by atoms with van der Waals surface area (Å²) in [5, 5.41) is 6.53. The summed E-state index contributed by atoms with van der Waals surface area (Å²) in [6, 6.07) is 1.18. The van der Waals surface area contributed by atoms with Crippen LogP contribution in [0.4, 0.5) is 0 Å². The van der Waals surface area contributed by atoms with E-state index in [1.54, 1.807) is 0 Å². The first-order valence-corrected chi connectivity index (χ1v) is 7.71. The van der Waals surface area contributed by atoms with E-state index < -0.39 is 0 Å². The highest BCUT2D eigenvalue weighted by Crippen LogP contribution is 2.19. The molecule has 2 N–H and O–H groups in total. The molecule has 1 aliphatic heterocycles. The lowest BCUT2D eigenvalue weighted by atomic mass is 9.99. The Balaban J connectivity index is 2.57. The van der Waals surface area contributed by atoms with Gasteiger partial charge in [0.2, 0.25) is 5.91 Å². The van der Waals surface area contributed by atoms with Gasteiger partial charge in [-0.1, -0.05) is 20.3 Å². The molecule has 0 aliphatic carbocycles. The normalized spacial score (nSPS) is 22.8. The summed E-state index contributed by atoms with van der Waals surface area (Å²) in [5.41, 5.74) is 0. The summed E-state index contributed by atoms with van der Waals surface area (Å²) in [6.07, 6.45) is 3.68. The summed E-state index contributed by atoms with van der Waals surface area (Å²) in [5.74, 6) is 0.159. The second-order valence-corrected chi connectivity index (χ2v) is 6.29. The van der Waals surface area contributed by atoms with E-state index in [0.29, 0.717) is 12.1 Å². The van der Waals surface area contributed by atoms with Gasteiger partial charge in [-0.25, -0.2) is 0 Å². The van der Waals surface area contributed by atoms with Crippen molar-refractivity contribution in [2.75, 3.05) is 13.1 Å². The lowest BCUT2D eigenvalue weighted by Crippen LogP contribution is -2.55. The van der Waals surface area contributed by atoms with Gasteiger partial charge in [0.05, 0.1) is 6.04 Å². The van der Waals surface area contributed by atoms with Crippen LogP contribution in [0.3, 0.4) is 0 Å². The predicted molar refractivity (Wildman–Crippen MR) is 80.2 cm³/mol. The van der Waals surface area contributed by atoms with Crippen LogP contribution < -0.4 is 10.6 Å². The molecule has 0 spiro atoms. The van der Waals surface area contributed by atoms with E-state index in [-0.39, 0.29) is 18.0 Å². The number of likely N-dealkylation sites (tertiary alicyclic amines) is 1. The molecule has 2 unspecified atom stereocenters. The Kier molecular flexibility index (Phi) is 6.80. The van der Waals surface area contributed by atoms with Crippen LogP contribution in [-0.4, -0.2) is 48.1 Å². The molecule has 19 heavy (non-hydrogen) atoms. The molecule has 1 saturated heterocycles. The molecular formula is C15H31N3O. The Morgan fingerprint density at radius 2 is 1.84 bits per heavy atom. The highest BCUT2D eigenvalue weighted by atomic mass is 16.2. The van der Waals surface area contributed by atoms with Gasteiger partial charge < -0.3 is 10.6 Å². The van der Waals surface area contributed by atoms with Gasteiger partial charge >= 0.3 is 0 Å². The number of piperidine rings is 1. The molecular weight excluding hydrogens is 238 g/mol. The van der Waals surface area contributed by atoms with Crippen LogP contribution in [-0.2, 0) is 4.79 Å². The molecule has 1 amide bonds. The number of carbonyl (C=O) groups is 1. The zero-order valence-corrected chi connectivity index (χ0v) is 13.2. The number of amides is 1. The van der Waals surface area contributed by atoms with E-state index in [4.69, 9.17) is 0 Å². The lowest BCUT2D eigenvalue weighted by Gasteiger charge is -2.39. The van der Waals surface area contributed by atoms with Gasteiger partial charge in [0.15, 0.2) is 0 Å². The number of rotatable bonds is 6.